The Kier molecular flexibility index (Phi) is 6.14. The molecule has 0 aromatic heterocycles. The summed E-state index contributed by atoms with van der Waals surface area (Å²) < 4.78 is 0. The lowest BCUT2D eigenvalue weighted by molar-refractivity contribution is 0.100. The molecule has 1 atom stereocenters. The van der Waals surface area contributed by atoms with Gasteiger partial charge in [-0.1, -0.05) is 34.1 Å². The van der Waals surface area contributed by atoms with Gasteiger partial charge in [0.15, 0.2) is 0 Å². The van der Waals surface area contributed by atoms with E-state index in [9.17, 15) is 0 Å². The Hall–Kier alpha value is -0.0800. The normalized spacial score (nSPS) is 28.3. The molecule has 2 nitrogen and oxygen atoms in total. The minimum absolute atomic E-state index is 0.492. The SMILES string of the molecule is CCCC1(CN2CCCC(C(C)(C)C)CC2)CCNCC1. The van der Waals surface area contributed by atoms with Gasteiger partial charge < -0.3 is 10.2 Å². The minimum atomic E-state index is 0.492. The molecule has 2 heteroatoms. The maximum Gasteiger partial charge on any atom is 0.00389 e. The summed E-state index contributed by atoms with van der Waals surface area (Å²) in [7, 11) is 0. The Labute approximate surface area is 133 Å². The largest absolute Gasteiger partial charge is 0.317 e. The van der Waals surface area contributed by atoms with Crippen LogP contribution >= 0.6 is 0 Å². The maximum atomic E-state index is 3.56. The molecule has 2 heterocycles. The predicted octanol–water partition coefficient (Wildman–Crippen LogP) is 4.30. The predicted molar refractivity (Wildman–Crippen MR) is 92.7 cm³/mol. The van der Waals surface area contributed by atoms with Gasteiger partial charge in [-0.25, -0.2) is 0 Å². The lowest BCUT2D eigenvalue weighted by Gasteiger charge is -2.41. The number of hydrogen-bond acceptors (Lipinski definition) is 2. The molecular weight excluding hydrogens is 256 g/mol. The van der Waals surface area contributed by atoms with E-state index in [0.29, 0.717) is 10.8 Å². The fraction of sp³-hybridized carbons (Fsp3) is 1.00. The van der Waals surface area contributed by atoms with Crippen molar-refractivity contribution in [1.29, 1.82) is 0 Å². The van der Waals surface area contributed by atoms with E-state index in [0.717, 1.165) is 5.92 Å². The van der Waals surface area contributed by atoms with E-state index < -0.39 is 0 Å². The minimum Gasteiger partial charge on any atom is -0.317 e. The summed E-state index contributed by atoms with van der Waals surface area (Å²) in [6.45, 7) is 16.2. The van der Waals surface area contributed by atoms with Crippen molar-refractivity contribution in [2.75, 3.05) is 32.7 Å². The van der Waals surface area contributed by atoms with E-state index in [2.05, 4.69) is 37.9 Å². The van der Waals surface area contributed by atoms with Crippen molar-refractivity contribution >= 4 is 0 Å². The maximum absolute atomic E-state index is 3.56. The third-order valence-electron chi connectivity index (χ3n) is 6.05. The summed E-state index contributed by atoms with van der Waals surface area (Å²) in [5.41, 5.74) is 1.10. The summed E-state index contributed by atoms with van der Waals surface area (Å²) in [6, 6.07) is 0. The van der Waals surface area contributed by atoms with Gasteiger partial charge in [-0.15, -0.1) is 0 Å². The highest BCUT2D eigenvalue weighted by Gasteiger charge is 2.34. The first-order valence-corrected chi connectivity index (χ1v) is 9.38. The van der Waals surface area contributed by atoms with Crippen LogP contribution < -0.4 is 5.32 Å². The molecule has 0 aromatic carbocycles. The molecule has 0 aliphatic carbocycles. The first kappa shape index (κ1) is 17.3. The van der Waals surface area contributed by atoms with Crippen LogP contribution in [0.25, 0.3) is 0 Å². The van der Waals surface area contributed by atoms with E-state index >= 15 is 0 Å². The van der Waals surface area contributed by atoms with Gasteiger partial charge in [0.2, 0.25) is 0 Å². The summed E-state index contributed by atoms with van der Waals surface area (Å²) in [6.07, 6.45) is 9.79. The molecule has 0 radical (unpaired) electrons. The molecule has 0 bridgehead atoms. The number of hydrogen-bond donors (Lipinski definition) is 1. The van der Waals surface area contributed by atoms with Crippen LogP contribution in [-0.2, 0) is 0 Å². The molecule has 0 spiro atoms. The second kappa shape index (κ2) is 7.46. The third-order valence-corrected chi connectivity index (χ3v) is 6.05. The standard InChI is InChI=1S/C19H38N2/c1-5-9-19(10-12-20-13-11-19)16-21-14-6-7-17(8-15-21)18(2,3)4/h17,20H,5-16H2,1-4H3. The monoisotopic (exact) mass is 294 g/mol. The second-order valence-corrected chi connectivity index (χ2v) is 8.77. The lowest BCUT2D eigenvalue weighted by Crippen LogP contribution is -2.45. The summed E-state index contributed by atoms with van der Waals surface area (Å²) in [4.78, 5) is 2.81. The van der Waals surface area contributed by atoms with Crippen LogP contribution in [0.3, 0.4) is 0 Å². The highest BCUT2D eigenvalue weighted by atomic mass is 15.1. The van der Waals surface area contributed by atoms with Crippen molar-refractivity contribution < 1.29 is 0 Å². The van der Waals surface area contributed by atoms with Crippen molar-refractivity contribution in [2.24, 2.45) is 16.7 Å². The Morgan fingerprint density at radius 1 is 1.10 bits per heavy atom. The summed E-state index contributed by atoms with van der Waals surface area (Å²) in [5.74, 6) is 0.914. The zero-order valence-corrected chi connectivity index (χ0v) is 15.0. The molecule has 1 unspecified atom stereocenters. The van der Waals surface area contributed by atoms with Gasteiger partial charge >= 0.3 is 0 Å². The summed E-state index contributed by atoms with van der Waals surface area (Å²) in [5, 5.41) is 3.56. The number of piperidine rings is 1. The number of rotatable bonds is 4. The van der Waals surface area contributed by atoms with Crippen LogP contribution in [0, 0.1) is 16.7 Å². The van der Waals surface area contributed by atoms with E-state index in [1.165, 1.54) is 77.7 Å². The first-order chi connectivity index (χ1) is 9.95. The molecule has 21 heavy (non-hydrogen) atoms. The van der Waals surface area contributed by atoms with E-state index in [1.807, 2.05) is 0 Å². The van der Waals surface area contributed by atoms with Gasteiger partial charge in [-0.3, -0.25) is 0 Å². The molecule has 0 aromatic rings. The van der Waals surface area contributed by atoms with Crippen LogP contribution in [0.2, 0.25) is 0 Å². The Balaban J connectivity index is 1.92. The Bertz CT molecular complexity index is 294. The van der Waals surface area contributed by atoms with Crippen LogP contribution in [0.4, 0.5) is 0 Å². The molecule has 2 rings (SSSR count). The van der Waals surface area contributed by atoms with Gasteiger partial charge in [0.05, 0.1) is 0 Å². The highest BCUT2D eigenvalue weighted by molar-refractivity contribution is 4.88. The van der Waals surface area contributed by atoms with E-state index in [4.69, 9.17) is 0 Å². The fourth-order valence-electron chi connectivity index (χ4n) is 4.63. The molecule has 1 N–H and O–H groups in total. The van der Waals surface area contributed by atoms with Crippen molar-refractivity contribution in [3.8, 4) is 0 Å². The van der Waals surface area contributed by atoms with Gasteiger partial charge in [0, 0.05) is 6.54 Å². The van der Waals surface area contributed by atoms with Crippen molar-refractivity contribution in [3.63, 3.8) is 0 Å². The molecule has 2 aliphatic heterocycles. The molecule has 2 saturated heterocycles. The number of nitrogens with zero attached hydrogens (tertiary/aromatic N) is 1. The Morgan fingerprint density at radius 2 is 1.81 bits per heavy atom. The topological polar surface area (TPSA) is 15.3 Å². The fourth-order valence-corrected chi connectivity index (χ4v) is 4.63. The summed E-state index contributed by atoms with van der Waals surface area (Å²) >= 11 is 0. The average Bonchev–Trinajstić information content (AvgIpc) is 2.65. The van der Waals surface area contributed by atoms with Crippen molar-refractivity contribution in [1.82, 2.24) is 10.2 Å². The van der Waals surface area contributed by atoms with E-state index in [-0.39, 0.29) is 0 Å². The third kappa shape index (κ3) is 4.96. The smallest absolute Gasteiger partial charge is 0.00389 e. The molecule has 124 valence electrons. The lowest BCUT2D eigenvalue weighted by atomic mass is 9.75. The first-order valence-electron chi connectivity index (χ1n) is 9.38. The molecule has 2 fully saturated rings. The van der Waals surface area contributed by atoms with Crippen LogP contribution in [0.5, 0.6) is 0 Å². The zero-order valence-electron chi connectivity index (χ0n) is 15.0. The molecular formula is C19H38N2. The quantitative estimate of drug-likeness (QED) is 0.831. The van der Waals surface area contributed by atoms with Gasteiger partial charge in [-0.05, 0) is 81.5 Å². The van der Waals surface area contributed by atoms with Gasteiger partial charge in [0.1, 0.15) is 0 Å². The van der Waals surface area contributed by atoms with Crippen LogP contribution in [-0.4, -0.2) is 37.6 Å². The van der Waals surface area contributed by atoms with Crippen LogP contribution in [0.15, 0.2) is 0 Å². The van der Waals surface area contributed by atoms with Gasteiger partial charge in [0.25, 0.3) is 0 Å². The van der Waals surface area contributed by atoms with Crippen LogP contribution in [0.1, 0.15) is 72.6 Å². The van der Waals surface area contributed by atoms with Gasteiger partial charge in [-0.2, -0.15) is 0 Å². The zero-order chi connectivity index (χ0) is 15.3. The molecule has 0 amide bonds. The van der Waals surface area contributed by atoms with E-state index in [1.54, 1.807) is 0 Å². The highest BCUT2D eigenvalue weighted by Crippen LogP contribution is 2.38. The number of nitrogens with one attached hydrogen (secondary N) is 1. The average molecular weight is 295 g/mol. The molecule has 2 aliphatic rings. The van der Waals surface area contributed by atoms with Crippen molar-refractivity contribution in [3.05, 3.63) is 0 Å². The molecule has 0 saturated carbocycles. The number of likely N-dealkylation sites (tertiary alicyclic amines) is 1. The van der Waals surface area contributed by atoms with Crippen molar-refractivity contribution in [2.45, 2.75) is 72.6 Å². The Morgan fingerprint density at radius 3 is 2.43 bits per heavy atom. The second-order valence-electron chi connectivity index (χ2n) is 8.77.